The molecule has 13 nitrogen and oxygen atoms in total. The fourth-order valence-electron chi connectivity index (χ4n) is 5.45. The van der Waals surface area contributed by atoms with Gasteiger partial charge in [0.25, 0.3) is 11.8 Å². The number of nitrogens with two attached hydrogens (primary N) is 3. The van der Waals surface area contributed by atoms with E-state index in [0.717, 1.165) is 16.3 Å². The summed E-state index contributed by atoms with van der Waals surface area (Å²) in [4.78, 5) is 90.7. The molecule has 230 valence electrons. The molecule has 43 heavy (non-hydrogen) atoms. The van der Waals surface area contributed by atoms with Crippen LogP contribution >= 0.6 is 0 Å². The fraction of sp³-hybridized carbons (Fsp3) is 0.433. The van der Waals surface area contributed by atoms with E-state index < -0.39 is 76.7 Å². The third-order valence-electron chi connectivity index (χ3n) is 7.59. The third-order valence-corrected chi connectivity index (χ3v) is 7.59. The molecule has 6 amide bonds. The molecule has 3 rings (SSSR count). The number of imide groups is 1. The molecule has 0 saturated carbocycles. The number of piperidine rings is 1. The number of rotatable bonds is 10. The molecule has 0 aromatic heterocycles. The van der Waals surface area contributed by atoms with Crippen LogP contribution in [0.1, 0.15) is 52.5 Å². The number of likely N-dealkylation sites (tertiary alicyclic amines) is 1. The van der Waals surface area contributed by atoms with Gasteiger partial charge in [-0.15, -0.1) is 0 Å². The first-order valence-corrected chi connectivity index (χ1v) is 13.8. The van der Waals surface area contributed by atoms with E-state index in [0.29, 0.717) is 4.90 Å². The van der Waals surface area contributed by atoms with Crippen LogP contribution in [0.5, 0.6) is 0 Å². The molecule has 13 heteroatoms. The van der Waals surface area contributed by atoms with Gasteiger partial charge in [0.2, 0.25) is 23.6 Å². The summed E-state index contributed by atoms with van der Waals surface area (Å²) in [7, 11) is 0. The first-order valence-electron chi connectivity index (χ1n) is 13.8. The van der Waals surface area contributed by atoms with Crippen LogP contribution < -0.4 is 27.8 Å². The van der Waals surface area contributed by atoms with E-state index in [1.165, 1.54) is 27.7 Å². The molecule has 1 heterocycles. The standard InChI is InChI=1S/C30H38N6O7/c1-16(27(42)36-24(39)12-11-22(37)30(36,28(33)43)29(2,3)4)34-26(41)21(15-23(32)38)35-25(40)20(31)14-17-9-10-18-7-5-6-8-19(18)13-17/h5-10,13,16,20-21H,11-12,14-15,31H2,1-4H3,(H2,32,38)(H2,33,43)(H,34,41)(H,35,40)/t16-,20-,21-,30+/m0/s1. The van der Waals surface area contributed by atoms with E-state index in [1.807, 2.05) is 42.5 Å². The highest BCUT2D eigenvalue weighted by Gasteiger charge is 2.63. The number of benzene rings is 2. The molecule has 8 N–H and O–H groups in total. The molecule has 2 aromatic rings. The van der Waals surface area contributed by atoms with Crippen molar-refractivity contribution in [3.8, 4) is 0 Å². The van der Waals surface area contributed by atoms with Crippen molar-refractivity contribution in [2.45, 2.75) is 77.0 Å². The van der Waals surface area contributed by atoms with Crippen LogP contribution in [0.4, 0.5) is 0 Å². The molecule has 0 spiro atoms. The van der Waals surface area contributed by atoms with Gasteiger partial charge in [0.1, 0.15) is 12.1 Å². The summed E-state index contributed by atoms with van der Waals surface area (Å²) in [6.07, 6.45) is -1.10. The van der Waals surface area contributed by atoms with Crippen molar-refractivity contribution in [2.75, 3.05) is 0 Å². The number of ketones is 1. The largest absolute Gasteiger partial charge is 0.370 e. The summed E-state index contributed by atoms with van der Waals surface area (Å²) < 4.78 is 0. The van der Waals surface area contributed by atoms with Crippen LogP contribution in [0.15, 0.2) is 42.5 Å². The average molecular weight is 595 g/mol. The number of fused-ring (bicyclic) bond motifs is 1. The van der Waals surface area contributed by atoms with Gasteiger partial charge in [-0.2, -0.15) is 0 Å². The molecule has 0 radical (unpaired) electrons. The predicted molar refractivity (Wildman–Crippen MR) is 156 cm³/mol. The maximum Gasteiger partial charge on any atom is 0.252 e. The predicted octanol–water partition coefficient (Wildman–Crippen LogP) is -0.437. The number of carbonyl (C=O) groups excluding carboxylic acids is 7. The molecule has 0 unspecified atom stereocenters. The summed E-state index contributed by atoms with van der Waals surface area (Å²) in [5, 5.41) is 6.73. The molecule has 2 aromatic carbocycles. The number of carbonyl (C=O) groups is 7. The highest BCUT2D eigenvalue weighted by molar-refractivity contribution is 6.20. The van der Waals surface area contributed by atoms with Gasteiger partial charge >= 0.3 is 0 Å². The number of nitrogens with zero attached hydrogens (tertiary/aromatic N) is 1. The Kier molecular flexibility index (Phi) is 9.70. The Bertz CT molecular complexity index is 1480. The Balaban J connectivity index is 1.77. The summed E-state index contributed by atoms with van der Waals surface area (Å²) in [6.45, 7) is 5.72. The number of Topliss-reactive ketones (excluding diaryl/α,β-unsaturated/α-hetero) is 1. The van der Waals surface area contributed by atoms with E-state index in [4.69, 9.17) is 17.2 Å². The zero-order valence-electron chi connectivity index (χ0n) is 24.6. The van der Waals surface area contributed by atoms with Crippen LogP contribution in [-0.2, 0) is 40.0 Å². The van der Waals surface area contributed by atoms with Crippen LogP contribution in [-0.4, -0.2) is 69.8 Å². The lowest BCUT2D eigenvalue weighted by Gasteiger charge is -2.50. The summed E-state index contributed by atoms with van der Waals surface area (Å²) in [6, 6.07) is 9.19. The van der Waals surface area contributed by atoms with Crippen molar-refractivity contribution in [3.05, 3.63) is 48.0 Å². The second kappa shape index (κ2) is 12.7. The second-order valence-electron chi connectivity index (χ2n) is 11.8. The van der Waals surface area contributed by atoms with Gasteiger partial charge in [-0.05, 0) is 29.7 Å². The van der Waals surface area contributed by atoms with Crippen LogP contribution in [0.25, 0.3) is 10.8 Å². The first kappa shape index (κ1) is 32.9. The van der Waals surface area contributed by atoms with Crippen molar-refractivity contribution in [2.24, 2.45) is 22.6 Å². The molecule has 0 aliphatic carbocycles. The third kappa shape index (κ3) is 6.72. The van der Waals surface area contributed by atoms with Gasteiger partial charge in [-0.3, -0.25) is 38.5 Å². The Morgan fingerprint density at radius 3 is 2.14 bits per heavy atom. The molecular weight excluding hydrogens is 556 g/mol. The molecule has 1 saturated heterocycles. The van der Waals surface area contributed by atoms with Crippen LogP contribution in [0, 0.1) is 5.41 Å². The van der Waals surface area contributed by atoms with Gasteiger partial charge in [-0.25, -0.2) is 0 Å². The topological polar surface area (TPSA) is 225 Å². The second-order valence-corrected chi connectivity index (χ2v) is 11.8. The number of hydrogen-bond donors (Lipinski definition) is 5. The van der Waals surface area contributed by atoms with Crippen molar-refractivity contribution in [1.29, 1.82) is 0 Å². The van der Waals surface area contributed by atoms with E-state index in [2.05, 4.69) is 10.6 Å². The van der Waals surface area contributed by atoms with E-state index in [-0.39, 0.29) is 19.3 Å². The van der Waals surface area contributed by atoms with Crippen molar-refractivity contribution >= 4 is 52.0 Å². The first-order chi connectivity index (χ1) is 20.0. The number of hydrogen-bond acceptors (Lipinski definition) is 8. The maximum absolute atomic E-state index is 13.6. The quantitative estimate of drug-likeness (QED) is 0.226. The highest BCUT2D eigenvalue weighted by atomic mass is 16.2. The Morgan fingerprint density at radius 1 is 0.930 bits per heavy atom. The van der Waals surface area contributed by atoms with Gasteiger partial charge in [0.05, 0.1) is 12.5 Å². The Hall–Kier alpha value is -4.65. The van der Waals surface area contributed by atoms with Gasteiger partial charge in [-0.1, -0.05) is 63.2 Å². The highest BCUT2D eigenvalue weighted by Crippen LogP contribution is 2.41. The normalized spacial score (nSPS) is 19.3. The SMILES string of the molecule is C[C@H](NC(=O)[C@H](CC(N)=O)NC(=O)[C@@H](N)Cc1ccc2ccccc2c1)C(=O)N1C(=O)CCC(=O)[C@@]1(C(N)=O)C(C)(C)C. The van der Waals surface area contributed by atoms with E-state index in [1.54, 1.807) is 0 Å². The lowest BCUT2D eigenvalue weighted by Crippen LogP contribution is -2.75. The van der Waals surface area contributed by atoms with Crippen molar-refractivity contribution < 1.29 is 33.6 Å². The smallest absolute Gasteiger partial charge is 0.252 e. The minimum Gasteiger partial charge on any atom is -0.370 e. The number of primary amides is 2. The molecule has 1 aliphatic rings. The van der Waals surface area contributed by atoms with Crippen LogP contribution in [0.3, 0.4) is 0 Å². The minimum atomic E-state index is -2.28. The Labute approximate surface area is 248 Å². The molecule has 4 atom stereocenters. The zero-order chi connectivity index (χ0) is 32.3. The monoisotopic (exact) mass is 594 g/mol. The van der Waals surface area contributed by atoms with Crippen LogP contribution in [0.2, 0.25) is 0 Å². The van der Waals surface area contributed by atoms with Gasteiger partial charge in [0, 0.05) is 18.3 Å². The summed E-state index contributed by atoms with van der Waals surface area (Å²) in [5.74, 6) is -6.37. The van der Waals surface area contributed by atoms with Crippen molar-refractivity contribution in [3.63, 3.8) is 0 Å². The molecule has 1 fully saturated rings. The molecular formula is C30H38N6O7. The lowest BCUT2D eigenvalue weighted by molar-refractivity contribution is -0.175. The average Bonchev–Trinajstić information content (AvgIpc) is 2.91. The van der Waals surface area contributed by atoms with Crippen molar-refractivity contribution in [1.82, 2.24) is 15.5 Å². The fourth-order valence-corrected chi connectivity index (χ4v) is 5.45. The maximum atomic E-state index is 13.6. The Morgan fingerprint density at radius 2 is 1.56 bits per heavy atom. The molecule has 1 aliphatic heterocycles. The molecule has 0 bridgehead atoms. The van der Waals surface area contributed by atoms with E-state index >= 15 is 0 Å². The zero-order valence-corrected chi connectivity index (χ0v) is 24.6. The summed E-state index contributed by atoms with van der Waals surface area (Å²) >= 11 is 0. The van der Waals surface area contributed by atoms with E-state index in [9.17, 15) is 33.6 Å². The number of nitrogens with one attached hydrogen (secondary N) is 2. The number of amides is 6. The lowest BCUT2D eigenvalue weighted by atomic mass is 9.66. The summed E-state index contributed by atoms with van der Waals surface area (Å²) in [5.41, 5.74) is 14.3. The minimum absolute atomic E-state index is 0.129. The van der Waals surface area contributed by atoms with Gasteiger partial charge < -0.3 is 27.8 Å². The van der Waals surface area contributed by atoms with Gasteiger partial charge in [0.15, 0.2) is 11.3 Å².